The summed E-state index contributed by atoms with van der Waals surface area (Å²) in [4.78, 5) is 0. The van der Waals surface area contributed by atoms with Gasteiger partial charge in [-0.15, -0.1) is 10.2 Å². The third-order valence-corrected chi connectivity index (χ3v) is 2.68. The van der Waals surface area contributed by atoms with Crippen LogP contribution in [0.2, 0.25) is 10.3 Å². The molecule has 0 saturated heterocycles. The lowest BCUT2D eigenvalue weighted by Crippen LogP contribution is -1.99. The van der Waals surface area contributed by atoms with Crippen LogP contribution in [0, 0.1) is 13.8 Å². The molecule has 0 radical (unpaired) electrons. The first-order valence-corrected chi connectivity index (χ1v) is 5.19. The monoisotopic (exact) mass is 241 g/mol. The number of hydrogen-bond donors (Lipinski definition) is 0. The van der Waals surface area contributed by atoms with Crippen LogP contribution in [0.25, 0.3) is 5.69 Å². The minimum absolute atomic E-state index is 0.345. The quantitative estimate of drug-likeness (QED) is 0.768. The summed E-state index contributed by atoms with van der Waals surface area (Å²) in [6.45, 7) is 3.83. The fourth-order valence-electron chi connectivity index (χ4n) is 1.43. The molecule has 2 aromatic rings. The van der Waals surface area contributed by atoms with Gasteiger partial charge in [-0.25, -0.2) is 0 Å². The molecular weight excluding hydrogens is 233 g/mol. The number of aryl methyl sites for hydroxylation is 2. The Morgan fingerprint density at radius 1 is 1.13 bits per heavy atom. The lowest BCUT2D eigenvalue weighted by molar-refractivity contribution is 0.961. The average molecular weight is 242 g/mol. The van der Waals surface area contributed by atoms with Gasteiger partial charge in [0.1, 0.15) is 5.82 Å². The molecule has 0 N–H and O–H groups in total. The lowest BCUT2D eigenvalue weighted by Gasteiger charge is -2.09. The first-order valence-electron chi connectivity index (χ1n) is 4.43. The smallest absolute Gasteiger partial charge is 0.229 e. The summed E-state index contributed by atoms with van der Waals surface area (Å²) in [5, 5.41) is 8.71. The van der Waals surface area contributed by atoms with Gasteiger partial charge in [-0.2, -0.15) is 0 Å². The van der Waals surface area contributed by atoms with Crippen LogP contribution in [0.15, 0.2) is 18.2 Å². The van der Waals surface area contributed by atoms with E-state index >= 15 is 0 Å². The van der Waals surface area contributed by atoms with E-state index in [2.05, 4.69) is 10.2 Å². The molecule has 0 amide bonds. The van der Waals surface area contributed by atoms with Crippen molar-refractivity contribution in [2.24, 2.45) is 0 Å². The van der Waals surface area contributed by atoms with E-state index in [1.807, 2.05) is 32.0 Å². The molecule has 0 bridgehead atoms. The van der Waals surface area contributed by atoms with Crippen LogP contribution in [0.3, 0.4) is 0 Å². The Labute approximate surface area is 97.7 Å². The summed E-state index contributed by atoms with van der Waals surface area (Å²) in [7, 11) is 0. The highest BCUT2D eigenvalue weighted by atomic mass is 35.5. The van der Waals surface area contributed by atoms with E-state index in [0.29, 0.717) is 10.3 Å². The maximum Gasteiger partial charge on any atom is 0.229 e. The van der Waals surface area contributed by atoms with Crippen LogP contribution in [0.5, 0.6) is 0 Å². The van der Waals surface area contributed by atoms with E-state index in [9.17, 15) is 0 Å². The van der Waals surface area contributed by atoms with Crippen LogP contribution in [-0.4, -0.2) is 14.8 Å². The third-order valence-electron chi connectivity index (χ3n) is 2.20. The van der Waals surface area contributed by atoms with Crippen molar-refractivity contribution < 1.29 is 0 Å². The molecule has 78 valence electrons. The molecule has 0 spiro atoms. The summed E-state index contributed by atoms with van der Waals surface area (Å²) >= 11 is 11.9. The van der Waals surface area contributed by atoms with Crippen LogP contribution >= 0.6 is 23.2 Å². The molecule has 1 aromatic heterocycles. The minimum atomic E-state index is 0.345. The number of nitrogens with zero attached hydrogens (tertiary/aromatic N) is 3. The molecule has 0 aliphatic carbocycles. The highest BCUT2D eigenvalue weighted by Gasteiger charge is 2.10. The first kappa shape index (κ1) is 10.5. The Morgan fingerprint density at radius 3 is 2.47 bits per heavy atom. The third kappa shape index (κ3) is 1.85. The summed E-state index contributed by atoms with van der Waals surface area (Å²) < 4.78 is 1.77. The first-order chi connectivity index (χ1) is 7.09. The molecule has 0 atom stereocenters. The molecule has 0 aliphatic heterocycles. The molecule has 0 unspecified atom stereocenters. The molecule has 0 saturated carbocycles. The van der Waals surface area contributed by atoms with Gasteiger partial charge in [-0.3, -0.25) is 4.57 Å². The Hall–Kier alpha value is -1.06. The Morgan fingerprint density at radius 2 is 1.87 bits per heavy atom. The Balaban J connectivity index is 2.68. The highest BCUT2D eigenvalue weighted by molar-refractivity contribution is 6.31. The van der Waals surface area contributed by atoms with Crippen molar-refractivity contribution in [1.29, 1.82) is 0 Å². The number of halogens is 2. The molecule has 1 heterocycles. The molecule has 0 aliphatic rings. The van der Waals surface area contributed by atoms with Gasteiger partial charge in [0.25, 0.3) is 0 Å². The Kier molecular flexibility index (Phi) is 2.67. The van der Waals surface area contributed by atoms with Gasteiger partial charge in [-0.1, -0.05) is 17.7 Å². The fraction of sp³-hybridized carbons (Fsp3) is 0.200. The number of rotatable bonds is 1. The normalized spacial score (nSPS) is 10.7. The summed E-state index contributed by atoms with van der Waals surface area (Å²) in [6.07, 6.45) is 0. The van der Waals surface area contributed by atoms with E-state index in [0.717, 1.165) is 17.1 Å². The fourth-order valence-corrected chi connectivity index (χ4v) is 1.85. The second kappa shape index (κ2) is 3.83. The predicted molar refractivity (Wildman–Crippen MR) is 60.9 cm³/mol. The Bertz CT molecular complexity index is 486. The molecule has 3 nitrogen and oxygen atoms in total. The van der Waals surface area contributed by atoms with Crippen molar-refractivity contribution in [2.45, 2.75) is 13.8 Å². The number of hydrogen-bond acceptors (Lipinski definition) is 2. The van der Waals surface area contributed by atoms with E-state index < -0.39 is 0 Å². The summed E-state index contributed by atoms with van der Waals surface area (Å²) in [5.74, 6) is 0.741. The van der Waals surface area contributed by atoms with Crippen LogP contribution in [0.1, 0.15) is 11.4 Å². The number of aromatic nitrogens is 3. The molecule has 1 aromatic carbocycles. The van der Waals surface area contributed by atoms with Gasteiger partial charge in [0.05, 0.1) is 5.69 Å². The van der Waals surface area contributed by atoms with Crippen molar-refractivity contribution in [1.82, 2.24) is 14.8 Å². The SMILES string of the molecule is Cc1ccc(Cl)cc1-n1c(C)nnc1Cl. The van der Waals surface area contributed by atoms with Crippen LogP contribution in [0.4, 0.5) is 0 Å². The van der Waals surface area contributed by atoms with Crippen molar-refractivity contribution in [3.8, 4) is 5.69 Å². The average Bonchev–Trinajstić information content (AvgIpc) is 2.51. The zero-order valence-corrected chi connectivity index (χ0v) is 9.84. The predicted octanol–water partition coefficient (Wildman–Crippen LogP) is 3.19. The molecule has 2 rings (SSSR count). The van der Waals surface area contributed by atoms with Gasteiger partial charge >= 0.3 is 0 Å². The largest absolute Gasteiger partial charge is 0.270 e. The maximum absolute atomic E-state index is 5.95. The van der Waals surface area contributed by atoms with Crippen molar-refractivity contribution in [2.75, 3.05) is 0 Å². The maximum atomic E-state index is 5.95. The van der Waals surface area contributed by atoms with Gasteiger partial charge < -0.3 is 0 Å². The van der Waals surface area contributed by atoms with Crippen molar-refractivity contribution in [3.05, 3.63) is 39.9 Å². The highest BCUT2D eigenvalue weighted by Crippen LogP contribution is 2.23. The van der Waals surface area contributed by atoms with Crippen LogP contribution < -0.4 is 0 Å². The van der Waals surface area contributed by atoms with Crippen molar-refractivity contribution in [3.63, 3.8) is 0 Å². The van der Waals surface area contributed by atoms with E-state index in [1.165, 1.54) is 0 Å². The van der Waals surface area contributed by atoms with Gasteiger partial charge in [0, 0.05) is 5.02 Å². The van der Waals surface area contributed by atoms with E-state index in [4.69, 9.17) is 23.2 Å². The zero-order chi connectivity index (χ0) is 11.0. The van der Waals surface area contributed by atoms with Gasteiger partial charge in [-0.05, 0) is 43.1 Å². The van der Waals surface area contributed by atoms with E-state index in [-0.39, 0.29) is 0 Å². The summed E-state index contributed by atoms with van der Waals surface area (Å²) in [6, 6.07) is 5.63. The van der Waals surface area contributed by atoms with Crippen molar-refractivity contribution >= 4 is 23.2 Å². The minimum Gasteiger partial charge on any atom is -0.270 e. The van der Waals surface area contributed by atoms with Gasteiger partial charge in [0.15, 0.2) is 0 Å². The van der Waals surface area contributed by atoms with Crippen LogP contribution in [-0.2, 0) is 0 Å². The zero-order valence-electron chi connectivity index (χ0n) is 8.33. The molecule has 5 heteroatoms. The standard InChI is InChI=1S/C10H9Cl2N3/c1-6-3-4-8(11)5-9(6)15-7(2)13-14-10(15)12/h3-5H,1-2H3. The topological polar surface area (TPSA) is 30.7 Å². The second-order valence-corrected chi connectivity index (χ2v) is 4.06. The lowest BCUT2D eigenvalue weighted by atomic mass is 10.2. The number of benzene rings is 1. The second-order valence-electron chi connectivity index (χ2n) is 3.28. The molecular formula is C10H9Cl2N3. The summed E-state index contributed by atoms with van der Waals surface area (Å²) in [5.41, 5.74) is 1.99. The molecule has 15 heavy (non-hydrogen) atoms. The van der Waals surface area contributed by atoms with E-state index in [1.54, 1.807) is 4.57 Å². The van der Waals surface area contributed by atoms with Gasteiger partial charge in [0.2, 0.25) is 5.28 Å². The molecule has 0 fully saturated rings.